The fourth-order valence-corrected chi connectivity index (χ4v) is 2.83. The van der Waals surface area contributed by atoms with Gasteiger partial charge in [-0.2, -0.15) is 16.9 Å². The van der Waals surface area contributed by atoms with E-state index in [-0.39, 0.29) is 5.91 Å². The van der Waals surface area contributed by atoms with Gasteiger partial charge in [-0.15, -0.1) is 0 Å². The smallest absolute Gasteiger partial charge is 0.255 e. The van der Waals surface area contributed by atoms with Gasteiger partial charge in [0, 0.05) is 28.8 Å². The molecule has 0 atom stereocenters. The Bertz CT molecular complexity index is 782. The number of aromatic amines is 1. The zero-order chi connectivity index (χ0) is 16.1. The van der Waals surface area contributed by atoms with Gasteiger partial charge in [-0.25, -0.2) is 0 Å². The van der Waals surface area contributed by atoms with E-state index in [1.807, 2.05) is 54.6 Å². The zero-order valence-corrected chi connectivity index (χ0v) is 13.6. The third kappa shape index (κ3) is 3.81. The number of nitrogens with zero attached hydrogens (tertiary/aromatic N) is 1. The van der Waals surface area contributed by atoms with Gasteiger partial charge in [-0.05, 0) is 42.2 Å². The van der Waals surface area contributed by atoms with Crippen LogP contribution in [0, 0.1) is 0 Å². The number of H-pyrrole nitrogens is 1. The minimum Gasteiger partial charge on any atom is -0.322 e. The van der Waals surface area contributed by atoms with Crippen LogP contribution in [0.1, 0.15) is 15.9 Å². The summed E-state index contributed by atoms with van der Waals surface area (Å²) in [6.45, 7) is 0. The van der Waals surface area contributed by atoms with Crippen molar-refractivity contribution in [3.63, 3.8) is 0 Å². The number of anilines is 1. The number of hydrogen-bond donors (Lipinski definition) is 2. The summed E-state index contributed by atoms with van der Waals surface area (Å²) in [7, 11) is 0. The third-order valence-corrected chi connectivity index (χ3v) is 4.08. The minimum atomic E-state index is -0.109. The van der Waals surface area contributed by atoms with E-state index in [0.29, 0.717) is 5.56 Å². The van der Waals surface area contributed by atoms with Gasteiger partial charge >= 0.3 is 0 Å². The van der Waals surface area contributed by atoms with Gasteiger partial charge < -0.3 is 5.32 Å². The highest BCUT2D eigenvalue weighted by Crippen LogP contribution is 2.21. The summed E-state index contributed by atoms with van der Waals surface area (Å²) < 4.78 is 0. The van der Waals surface area contributed by atoms with Crippen LogP contribution < -0.4 is 5.32 Å². The minimum absolute atomic E-state index is 0.109. The van der Waals surface area contributed by atoms with Crippen LogP contribution in [0.4, 0.5) is 5.69 Å². The van der Waals surface area contributed by atoms with Gasteiger partial charge in [-0.3, -0.25) is 9.89 Å². The van der Waals surface area contributed by atoms with Crippen molar-refractivity contribution in [1.82, 2.24) is 10.2 Å². The molecular formula is C18H17N3OS. The SMILES string of the molecule is CSCc1ccc(C(=O)Nc2cccc(-c3ccn[nH]3)c2)cc1. The first-order valence-corrected chi connectivity index (χ1v) is 8.64. The van der Waals surface area contributed by atoms with Crippen molar-refractivity contribution in [2.75, 3.05) is 11.6 Å². The van der Waals surface area contributed by atoms with E-state index in [2.05, 4.69) is 21.8 Å². The van der Waals surface area contributed by atoms with Crippen LogP contribution in [0.3, 0.4) is 0 Å². The van der Waals surface area contributed by atoms with Crippen molar-refractivity contribution in [3.05, 3.63) is 71.9 Å². The Labute approximate surface area is 139 Å². The third-order valence-electron chi connectivity index (χ3n) is 3.46. The molecule has 0 aliphatic rings. The molecule has 0 fully saturated rings. The highest BCUT2D eigenvalue weighted by molar-refractivity contribution is 7.97. The number of hydrogen-bond acceptors (Lipinski definition) is 3. The van der Waals surface area contributed by atoms with E-state index in [1.54, 1.807) is 18.0 Å². The van der Waals surface area contributed by atoms with E-state index < -0.39 is 0 Å². The zero-order valence-electron chi connectivity index (χ0n) is 12.7. The number of rotatable bonds is 5. The first-order valence-electron chi connectivity index (χ1n) is 7.25. The molecule has 2 aromatic carbocycles. The number of amides is 1. The Morgan fingerprint density at radius 2 is 2.00 bits per heavy atom. The number of aromatic nitrogens is 2. The standard InChI is InChI=1S/C18H17N3OS/c1-23-12-13-5-7-14(8-6-13)18(22)20-16-4-2-3-15(11-16)17-9-10-19-21-17/h2-11H,12H2,1H3,(H,19,21)(H,20,22). The Morgan fingerprint density at radius 3 is 2.70 bits per heavy atom. The maximum atomic E-state index is 12.3. The molecule has 1 heterocycles. The summed E-state index contributed by atoms with van der Waals surface area (Å²) in [4.78, 5) is 12.3. The molecule has 0 saturated heterocycles. The normalized spacial score (nSPS) is 10.5. The highest BCUT2D eigenvalue weighted by Gasteiger charge is 2.07. The average molecular weight is 323 g/mol. The molecule has 1 amide bonds. The lowest BCUT2D eigenvalue weighted by molar-refractivity contribution is 0.102. The summed E-state index contributed by atoms with van der Waals surface area (Å²) in [5.41, 5.74) is 4.53. The van der Waals surface area contributed by atoms with Crippen LogP contribution >= 0.6 is 11.8 Å². The topological polar surface area (TPSA) is 57.8 Å². The quantitative estimate of drug-likeness (QED) is 0.740. The van der Waals surface area contributed by atoms with Crippen LogP contribution in [0.5, 0.6) is 0 Å². The molecule has 4 nitrogen and oxygen atoms in total. The van der Waals surface area contributed by atoms with Crippen LogP contribution in [-0.2, 0) is 5.75 Å². The molecule has 3 rings (SSSR count). The Kier molecular flexibility index (Phi) is 4.78. The number of carbonyl (C=O) groups excluding carboxylic acids is 1. The van der Waals surface area contributed by atoms with Crippen molar-refractivity contribution in [2.24, 2.45) is 0 Å². The maximum Gasteiger partial charge on any atom is 0.255 e. The second kappa shape index (κ2) is 7.15. The van der Waals surface area contributed by atoms with Crippen molar-refractivity contribution < 1.29 is 4.79 Å². The van der Waals surface area contributed by atoms with E-state index in [0.717, 1.165) is 22.7 Å². The lowest BCUT2D eigenvalue weighted by atomic mass is 10.1. The fourth-order valence-electron chi connectivity index (χ4n) is 2.30. The van der Waals surface area contributed by atoms with Crippen molar-refractivity contribution >= 4 is 23.4 Å². The molecule has 0 aliphatic carbocycles. The van der Waals surface area contributed by atoms with Crippen LogP contribution in [0.15, 0.2) is 60.8 Å². The molecule has 0 saturated carbocycles. The molecule has 2 N–H and O–H groups in total. The van der Waals surface area contributed by atoms with Crippen LogP contribution in [0.2, 0.25) is 0 Å². The number of thioether (sulfide) groups is 1. The summed E-state index contributed by atoms with van der Waals surface area (Å²) >= 11 is 1.76. The molecule has 3 aromatic rings. The Morgan fingerprint density at radius 1 is 1.17 bits per heavy atom. The predicted molar refractivity (Wildman–Crippen MR) is 95.6 cm³/mol. The van der Waals surface area contributed by atoms with Crippen molar-refractivity contribution in [1.29, 1.82) is 0 Å². The molecule has 116 valence electrons. The van der Waals surface area contributed by atoms with E-state index >= 15 is 0 Å². The summed E-state index contributed by atoms with van der Waals surface area (Å²) in [6.07, 6.45) is 3.77. The summed E-state index contributed by atoms with van der Waals surface area (Å²) in [5, 5.41) is 9.80. The molecule has 23 heavy (non-hydrogen) atoms. The molecular weight excluding hydrogens is 306 g/mol. The Hall–Kier alpha value is -2.53. The first kappa shape index (κ1) is 15.4. The Balaban J connectivity index is 1.73. The molecule has 0 spiro atoms. The second-order valence-electron chi connectivity index (χ2n) is 5.14. The van der Waals surface area contributed by atoms with Gasteiger partial charge in [0.1, 0.15) is 0 Å². The maximum absolute atomic E-state index is 12.3. The lowest BCUT2D eigenvalue weighted by Crippen LogP contribution is -2.11. The molecule has 5 heteroatoms. The summed E-state index contributed by atoms with van der Waals surface area (Å²) in [6, 6.07) is 17.3. The van der Waals surface area contributed by atoms with Gasteiger partial charge in [-0.1, -0.05) is 24.3 Å². The predicted octanol–water partition coefficient (Wildman–Crippen LogP) is 4.19. The van der Waals surface area contributed by atoms with Crippen molar-refractivity contribution in [3.8, 4) is 11.3 Å². The van der Waals surface area contributed by atoms with Crippen LogP contribution in [-0.4, -0.2) is 22.4 Å². The van der Waals surface area contributed by atoms with Gasteiger partial charge in [0.2, 0.25) is 0 Å². The van der Waals surface area contributed by atoms with E-state index in [9.17, 15) is 4.79 Å². The molecule has 0 aliphatic heterocycles. The van der Waals surface area contributed by atoms with Gasteiger partial charge in [0.25, 0.3) is 5.91 Å². The van der Waals surface area contributed by atoms with E-state index in [1.165, 1.54) is 5.56 Å². The fraction of sp³-hybridized carbons (Fsp3) is 0.111. The molecule has 1 aromatic heterocycles. The van der Waals surface area contributed by atoms with Crippen LogP contribution in [0.25, 0.3) is 11.3 Å². The van der Waals surface area contributed by atoms with Crippen molar-refractivity contribution in [2.45, 2.75) is 5.75 Å². The number of carbonyl (C=O) groups is 1. The van der Waals surface area contributed by atoms with Gasteiger partial charge in [0.15, 0.2) is 0 Å². The van der Waals surface area contributed by atoms with E-state index in [4.69, 9.17) is 0 Å². The highest BCUT2D eigenvalue weighted by atomic mass is 32.2. The largest absolute Gasteiger partial charge is 0.322 e. The van der Waals surface area contributed by atoms with Gasteiger partial charge in [0.05, 0.1) is 5.69 Å². The number of nitrogens with one attached hydrogen (secondary N) is 2. The lowest BCUT2D eigenvalue weighted by Gasteiger charge is -2.07. The monoisotopic (exact) mass is 323 g/mol. The summed E-state index contributed by atoms with van der Waals surface area (Å²) in [5.74, 6) is 0.844. The average Bonchev–Trinajstić information content (AvgIpc) is 3.11. The molecule has 0 unspecified atom stereocenters. The first-order chi connectivity index (χ1) is 11.3. The number of benzene rings is 2. The second-order valence-corrected chi connectivity index (χ2v) is 6.00. The molecule has 0 bridgehead atoms. The molecule has 0 radical (unpaired) electrons.